The van der Waals surface area contributed by atoms with Crippen LogP contribution in [0.15, 0.2) is 48.5 Å². The van der Waals surface area contributed by atoms with Crippen LogP contribution >= 0.6 is 11.6 Å². The van der Waals surface area contributed by atoms with Gasteiger partial charge >= 0.3 is 0 Å². The largest absolute Gasteiger partial charge is 0.464 e. The van der Waals surface area contributed by atoms with E-state index in [0.29, 0.717) is 22.0 Å². The maximum Gasteiger partial charge on any atom is 0.257 e. The van der Waals surface area contributed by atoms with Crippen molar-refractivity contribution in [3.8, 4) is 0 Å². The molecule has 3 aromatic rings. The van der Waals surface area contributed by atoms with E-state index in [2.05, 4.69) is 20.8 Å². The highest BCUT2D eigenvalue weighted by atomic mass is 35.5. The molecule has 1 amide bonds. The van der Waals surface area contributed by atoms with Crippen LogP contribution in [0, 0.1) is 17.9 Å². The van der Waals surface area contributed by atoms with Crippen LogP contribution in [0.5, 0.6) is 0 Å². The molecular weight excluding hydrogens is 486 g/mol. The van der Waals surface area contributed by atoms with E-state index in [1.807, 2.05) is 39.8 Å². The Hall–Kier alpha value is -3.99. The second-order valence-corrected chi connectivity index (χ2v) is 10.1. The lowest BCUT2D eigenvalue weighted by Crippen LogP contribution is -2.39. The number of anilines is 3. The van der Waals surface area contributed by atoms with Gasteiger partial charge in [0.2, 0.25) is 0 Å². The van der Waals surface area contributed by atoms with E-state index in [0.717, 1.165) is 5.76 Å². The summed E-state index contributed by atoms with van der Waals surface area (Å²) < 4.78 is 5.80. The van der Waals surface area contributed by atoms with Gasteiger partial charge in [-0.05, 0) is 36.6 Å². The third kappa shape index (κ3) is 4.37. The van der Waals surface area contributed by atoms with Crippen LogP contribution in [-0.4, -0.2) is 23.2 Å². The standard InChI is InChI=1S/C24H26ClN7O4/c1-11-5-8-15(36-11)22(24(2,3)4)29-19-18(20(33)21(19)34)28-14-7-6-13(25)12-9-32(23(35)17(12)14)10-16(30-26)31-27/h5-8,22,26,28-29H,9-10,27H2,1-4H3/b30-26?,31-16-/t22-/m0/s1. The second kappa shape index (κ2) is 9.23. The number of hydrazone groups is 1. The average Bonchev–Trinajstić information content (AvgIpc) is 3.40. The highest BCUT2D eigenvalue weighted by molar-refractivity contribution is 6.32. The molecule has 188 valence electrons. The van der Waals surface area contributed by atoms with Gasteiger partial charge in [0.25, 0.3) is 16.8 Å². The molecule has 0 saturated carbocycles. The number of nitrogens with two attached hydrogens (primary N) is 1. The number of nitrogens with one attached hydrogen (secondary N) is 3. The van der Waals surface area contributed by atoms with Crippen molar-refractivity contribution < 1.29 is 9.21 Å². The van der Waals surface area contributed by atoms with E-state index in [-0.39, 0.29) is 41.3 Å². The fourth-order valence-electron chi connectivity index (χ4n) is 4.20. The van der Waals surface area contributed by atoms with E-state index in [9.17, 15) is 14.4 Å². The van der Waals surface area contributed by atoms with Crippen molar-refractivity contribution in [1.29, 1.82) is 5.53 Å². The molecule has 1 atom stereocenters. The van der Waals surface area contributed by atoms with Gasteiger partial charge < -0.3 is 25.8 Å². The number of nitrogens with zero attached hydrogens (tertiary/aromatic N) is 3. The summed E-state index contributed by atoms with van der Waals surface area (Å²) >= 11 is 6.35. The summed E-state index contributed by atoms with van der Waals surface area (Å²) in [6.07, 6.45) is 0. The van der Waals surface area contributed by atoms with Crippen LogP contribution in [0.25, 0.3) is 0 Å². The predicted octanol–water partition coefficient (Wildman–Crippen LogP) is 4.04. The molecule has 0 unspecified atom stereocenters. The zero-order valence-electron chi connectivity index (χ0n) is 20.2. The molecule has 0 aliphatic carbocycles. The monoisotopic (exact) mass is 511 g/mol. The molecule has 2 heterocycles. The Morgan fingerprint density at radius 2 is 1.89 bits per heavy atom. The summed E-state index contributed by atoms with van der Waals surface area (Å²) in [5.41, 5.74) is 6.72. The number of amidine groups is 1. The minimum absolute atomic E-state index is 0.0304. The third-order valence-corrected chi connectivity index (χ3v) is 6.44. The fraction of sp³-hybridized carbons (Fsp3) is 0.333. The quantitative estimate of drug-likeness (QED) is 0.0926. The molecule has 0 saturated heterocycles. The van der Waals surface area contributed by atoms with Gasteiger partial charge in [-0.1, -0.05) is 32.4 Å². The van der Waals surface area contributed by atoms with Gasteiger partial charge in [0.1, 0.15) is 22.9 Å². The van der Waals surface area contributed by atoms with Crippen LogP contribution in [-0.2, 0) is 6.54 Å². The highest BCUT2D eigenvalue weighted by Crippen LogP contribution is 2.39. The van der Waals surface area contributed by atoms with Gasteiger partial charge in [0.05, 0.1) is 23.8 Å². The van der Waals surface area contributed by atoms with Crippen LogP contribution in [0.2, 0.25) is 5.02 Å². The molecule has 0 radical (unpaired) electrons. The van der Waals surface area contributed by atoms with E-state index in [1.165, 1.54) is 4.90 Å². The molecule has 2 aromatic carbocycles. The molecule has 0 bridgehead atoms. The molecule has 12 heteroatoms. The summed E-state index contributed by atoms with van der Waals surface area (Å²) in [6, 6.07) is 6.45. The minimum Gasteiger partial charge on any atom is -0.464 e. The van der Waals surface area contributed by atoms with Crippen molar-refractivity contribution in [3.05, 3.63) is 72.4 Å². The SMILES string of the molecule is Cc1ccc([C@H](Nc2c(Nc3ccc(Cl)c4c3C(=O)N(C/C(N=N)=N/N)C4)c(=O)c2=O)C(C)(C)C)o1. The minimum atomic E-state index is -0.697. The Labute approximate surface area is 211 Å². The summed E-state index contributed by atoms with van der Waals surface area (Å²) in [5, 5.41) is 13.1. The van der Waals surface area contributed by atoms with Gasteiger partial charge in [-0.15, -0.1) is 5.11 Å². The Balaban J connectivity index is 1.67. The molecule has 0 spiro atoms. The van der Waals surface area contributed by atoms with Gasteiger partial charge in [-0.3, -0.25) is 14.4 Å². The lowest BCUT2D eigenvalue weighted by Gasteiger charge is -2.31. The Kier molecular flexibility index (Phi) is 6.44. The number of fused-ring (bicyclic) bond motifs is 1. The summed E-state index contributed by atoms with van der Waals surface area (Å²) in [7, 11) is 0. The molecule has 4 rings (SSSR count). The average molecular weight is 512 g/mol. The number of aryl methyl sites for hydroxylation is 1. The number of furan rings is 1. The van der Waals surface area contributed by atoms with Crippen molar-refractivity contribution in [2.24, 2.45) is 21.5 Å². The normalized spacial score (nSPS) is 14.8. The number of rotatable bonds is 7. The Bertz CT molecular complexity index is 1460. The maximum atomic E-state index is 13.2. The first-order valence-corrected chi connectivity index (χ1v) is 11.5. The summed E-state index contributed by atoms with van der Waals surface area (Å²) in [4.78, 5) is 39.7. The highest BCUT2D eigenvalue weighted by Gasteiger charge is 2.36. The van der Waals surface area contributed by atoms with E-state index in [1.54, 1.807) is 12.1 Å². The van der Waals surface area contributed by atoms with Crippen LogP contribution in [0.1, 0.15) is 54.3 Å². The molecule has 36 heavy (non-hydrogen) atoms. The number of hydrogen-bond acceptors (Lipinski definition) is 9. The van der Waals surface area contributed by atoms with Gasteiger partial charge in [-0.25, -0.2) is 5.53 Å². The topological polar surface area (TPSA) is 166 Å². The number of carbonyl (C=O) groups excluding carboxylic acids is 1. The first-order chi connectivity index (χ1) is 17.0. The van der Waals surface area contributed by atoms with Crippen molar-refractivity contribution in [1.82, 2.24) is 4.90 Å². The molecule has 0 fully saturated rings. The van der Waals surface area contributed by atoms with Crippen LogP contribution in [0.4, 0.5) is 17.1 Å². The Morgan fingerprint density at radius 3 is 2.47 bits per heavy atom. The fourth-order valence-corrected chi connectivity index (χ4v) is 4.42. The van der Waals surface area contributed by atoms with Crippen LogP contribution in [0.3, 0.4) is 0 Å². The lowest BCUT2D eigenvalue weighted by molar-refractivity contribution is 0.0802. The van der Waals surface area contributed by atoms with Gasteiger partial charge in [0.15, 0.2) is 5.84 Å². The zero-order valence-corrected chi connectivity index (χ0v) is 21.0. The summed E-state index contributed by atoms with van der Waals surface area (Å²) in [6.45, 7) is 7.87. The predicted molar refractivity (Wildman–Crippen MR) is 137 cm³/mol. The van der Waals surface area contributed by atoms with Gasteiger partial charge in [0, 0.05) is 17.1 Å². The van der Waals surface area contributed by atoms with Crippen LogP contribution < -0.4 is 27.3 Å². The first-order valence-electron chi connectivity index (χ1n) is 11.1. The molecule has 1 aliphatic heterocycles. The van der Waals surface area contributed by atoms with E-state index in [4.69, 9.17) is 27.4 Å². The van der Waals surface area contributed by atoms with E-state index < -0.39 is 22.8 Å². The van der Waals surface area contributed by atoms with E-state index >= 15 is 0 Å². The van der Waals surface area contributed by atoms with Crippen molar-refractivity contribution in [2.75, 3.05) is 17.2 Å². The molecule has 5 N–H and O–H groups in total. The van der Waals surface area contributed by atoms with Crippen molar-refractivity contribution >= 4 is 40.4 Å². The van der Waals surface area contributed by atoms with Crippen molar-refractivity contribution in [2.45, 2.75) is 40.3 Å². The lowest BCUT2D eigenvalue weighted by atomic mass is 9.85. The smallest absolute Gasteiger partial charge is 0.257 e. The van der Waals surface area contributed by atoms with Crippen molar-refractivity contribution in [3.63, 3.8) is 0 Å². The molecule has 11 nitrogen and oxygen atoms in total. The first kappa shape index (κ1) is 25.1. The zero-order chi connectivity index (χ0) is 26.4. The molecule has 1 aromatic heterocycles. The van der Waals surface area contributed by atoms with Gasteiger partial charge in [-0.2, -0.15) is 5.10 Å². The maximum absolute atomic E-state index is 13.2. The second-order valence-electron chi connectivity index (χ2n) is 9.69. The molecular formula is C24H26ClN7O4. The molecule has 1 aliphatic rings. The number of benzene rings is 1. The number of carbonyl (C=O) groups is 1. The Morgan fingerprint density at radius 1 is 1.19 bits per heavy atom. The third-order valence-electron chi connectivity index (χ3n) is 6.09. The number of amides is 1. The number of hydrogen-bond donors (Lipinski definition) is 4. The summed E-state index contributed by atoms with van der Waals surface area (Å²) in [5.74, 6) is 6.16. The number of halogens is 1.